The molecule has 2 N–H and O–H groups in total. The smallest absolute Gasteiger partial charge is 0.354 e. The maximum atomic E-state index is 11.4. The quantitative estimate of drug-likeness (QED) is 0.329. The van der Waals surface area contributed by atoms with Crippen LogP contribution < -0.4 is 10.6 Å². The molecule has 0 fully saturated rings. The summed E-state index contributed by atoms with van der Waals surface area (Å²) in [6, 6.07) is 0. The molecule has 0 heterocycles. The first-order chi connectivity index (χ1) is 11.2. The van der Waals surface area contributed by atoms with Crippen molar-refractivity contribution in [1.29, 1.82) is 0 Å². The monoisotopic (exact) mass is 340 g/mol. The Bertz CT molecular complexity index is 467. The molecule has 8 nitrogen and oxygen atoms in total. The summed E-state index contributed by atoms with van der Waals surface area (Å²) in [6.07, 6.45) is 2.85. The van der Waals surface area contributed by atoms with E-state index in [0.29, 0.717) is 12.8 Å². The summed E-state index contributed by atoms with van der Waals surface area (Å²) < 4.78 is 9.86. The molecule has 0 aromatic heterocycles. The lowest BCUT2D eigenvalue weighted by Gasteiger charge is -2.08. The number of nitrogens with one attached hydrogen (secondary N) is 2. The number of amides is 2. The van der Waals surface area contributed by atoms with Crippen LogP contribution in [0.3, 0.4) is 0 Å². The van der Waals surface area contributed by atoms with Crippen LogP contribution >= 0.6 is 0 Å². The largest absolute Gasteiger partial charge is 0.461 e. The summed E-state index contributed by atoms with van der Waals surface area (Å²) in [5.41, 5.74) is -0.178. The number of hydrogen-bond acceptors (Lipinski definition) is 6. The van der Waals surface area contributed by atoms with Crippen LogP contribution in [0.5, 0.6) is 0 Å². The maximum Gasteiger partial charge on any atom is 0.354 e. The lowest BCUT2D eigenvalue weighted by atomic mass is 10.2. The van der Waals surface area contributed by atoms with Gasteiger partial charge in [-0.05, 0) is 25.7 Å². The van der Waals surface area contributed by atoms with E-state index in [1.54, 1.807) is 0 Å². The summed E-state index contributed by atoms with van der Waals surface area (Å²) in [7, 11) is 0. The molecule has 0 rings (SSSR count). The van der Waals surface area contributed by atoms with Gasteiger partial charge in [-0.1, -0.05) is 13.2 Å². The van der Waals surface area contributed by atoms with Gasteiger partial charge in [-0.15, -0.1) is 0 Å². The molecule has 2 amide bonds. The number of unbranched alkanes of at least 4 members (excludes halogenated alkanes) is 3. The van der Waals surface area contributed by atoms with Crippen LogP contribution in [0.4, 0.5) is 0 Å². The lowest BCUT2D eigenvalue weighted by Crippen LogP contribution is -2.25. The minimum Gasteiger partial charge on any atom is -0.461 e. The SMILES string of the molecule is C=C(NC(C)=O)C(=O)OCCCCCCOC(=O)C(=C)NC(C)=O. The number of ether oxygens (including phenoxy) is 2. The second-order valence-corrected chi connectivity index (χ2v) is 5.01. The first-order valence-corrected chi connectivity index (χ1v) is 7.51. The zero-order valence-corrected chi connectivity index (χ0v) is 14.1. The van der Waals surface area contributed by atoms with E-state index < -0.39 is 11.9 Å². The average molecular weight is 340 g/mol. The molecule has 0 aliphatic heterocycles. The van der Waals surface area contributed by atoms with Gasteiger partial charge in [0.1, 0.15) is 11.4 Å². The Morgan fingerprint density at radius 2 is 1.04 bits per heavy atom. The third kappa shape index (κ3) is 11.0. The first kappa shape index (κ1) is 21.4. The van der Waals surface area contributed by atoms with Crippen LogP contribution in [0, 0.1) is 0 Å². The van der Waals surface area contributed by atoms with Crippen LogP contribution in [-0.2, 0) is 28.7 Å². The van der Waals surface area contributed by atoms with Crippen molar-refractivity contribution in [3.05, 3.63) is 24.6 Å². The number of hydrogen-bond donors (Lipinski definition) is 2. The van der Waals surface area contributed by atoms with Crippen LogP contribution in [0.25, 0.3) is 0 Å². The second kappa shape index (κ2) is 11.9. The molecule has 0 atom stereocenters. The van der Waals surface area contributed by atoms with E-state index in [2.05, 4.69) is 23.8 Å². The zero-order valence-electron chi connectivity index (χ0n) is 14.1. The molecule has 0 aromatic carbocycles. The van der Waals surface area contributed by atoms with Crippen molar-refractivity contribution in [2.75, 3.05) is 13.2 Å². The molecule has 0 aliphatic rings. The summed E-state index contributed by atoms with van der Waals surface area (Å²) in [5, 5.41) is 4.51. The molecular formula is C16H24N2O6. The van der Waals surface area contributed by atoms with Crippen LogP contribution in [-0.4, -0.2) is 37.0 Å². The highest BCUT2D eigenvalue weighted by Crippen LogP contribution is 2.02. The lowest BCUT2D eigenvalue weighted by molar-refractivity contribution is -0.141. The van der Waals surface area contributed by atoms with Crippen molar-refractivity contribution in [2.24, 2.45) is 0 Å². The average Bonchev–Trinajstić information content (AvgIpc) is 2.47. The Morgan fingerprint density at radius 1 is 0.708 bits per heavy atom. The number of carbonyl (C=O) groups excluding carboxylic acids is 4. The highest BCUT2D eigenvalue weighted by Gasteiger charge is 2.10. The van der Waals surface area contributed by atoms with Gasteiger partial charge in [0.25, 0.3) is 0 Å². The van der Waals surface area contributed by atoms with Crippen LogP contribution in [0.1, 0.15) is 39.5 Å². The van der Waals surface area contributed by atoms with E-state index in [4.69, 9.17) is 9.47 Å². The van der Waals surface area contributed by atoms with Crippen molar-refractivity contribution < 1.29 is 28.7 Å². The van der Waals surface area contributed by atoms with Gasteiger partial charge in [0, 0.05) is 13.8 Å². The highest BCUT2D eigenvalue weighted by molar-refractivity contribution is 5.93. The van der Waals surface area contributed by atoms with Gasteiger partial charge in [-0.2, -0.15) is 0 Å². The fraction of sp³-hybridized carbons (Fsp3) is 0.500. The molecular weight excluding hydrogens is 316 g/mol. The van der Waals surface area contributed by atoms with Crippen molar-refractivity contribution in [3.8, 4) is 0 Å². The van der Waals surface area contributed by atoms with E-state index in [0.717, 1.165) is 12.8 Å². The van der Waals surface area contributed by atoms with Crippen LogP contribution in [0.15, 0.2) is 24.6 Å². The van der Waals surface area contributed by atoms with Gasteiger partial charge in [0.15, 0.2) is 0 Å². The fourth-order valence-corrected chi connectivity index (χ4v) is 1.59. The van der Waals surface area contributed by atoms with Crippen molar-refractivity contribution in [2.45, 2.75) is 39.5 Å². The van der Waals surface area contributed by atoms with E-state index >= 15 is 0 Å². The van der Waals surface area contributed by atoms with Crippen molar-refractivity contribution >= 4 is 23.8 Å². The van der Waals surface area contributed by atoms with E-state index in [-0.39, 0.29) is 36.4 Å². The Balaban J connectivity index is 3.61. The van der Waals surface area contributed by atoms with Gasteiger partial charge >= 0.3 is 11.9 Å². The number of esters is 2. The molecule has 0 spiro atoms. The van der Waals surface area contributed by atoms with Gasteiger partial charge in [-0.3, -0.25) is 9.59 Å². The van der Waals surface area contributed by atoms with Gasteiger partial charge in [-0.25, -0.2) is 9.59 Å². The summed E-state index contributed by atoms with van der Waals surface area (Å²) in [6.45, 7) is 9.78. The van der Waals surface area contributed by atoms with E-state index in [1.807, 2.05) is 0 Å². The minimum absolute atomic E-state index is 0.0891. The molecule has 0 bridgehead atoms. The Labute approximate surface area is 141 Å². The third-order valence-electron chi connectivity index (χ3n) is 2.65. The molecule has 0 saturated carbocycles. The Morgan fingerprint density at radius 3 is 1.33 bits per heavy atom. The highest BCUT2D eigenvalue weighted by atomic mass is 16.5. The Kier molecular flexibility index (Phi) is 10.6. The fourth-order valence-electron chi connectivity index (χ4n) is 1.59. The van der Waals surface area contributed by atoms with Crippen molar-refractivity contribution in [3.63, 3.8) is 0 Å². The predicted octanol–water partition coefficient (Wildman–Crippen LogP) is 0.933. The standard InChI is InChI=1S/C16H24N2O6/c1-11(17-13(3)19)15(21)23-9-7-5-6-8-10-24-16(22)12(2)18-14(4)20/h1-2,5-10H2,3-4H3,(H,17,19)(H,18,20). The van der Waals surface area contributed by atoms with Crippen molar-refractivity contribution in [1.82, 2.24) is 10.6 Å². The summed E-state index contributed by atoms with van der Waals surface area (Å²) in [4.78, 5) is 44.3. The third-order valence-corrected chi connectivity index (χ3v) is 2.65. The second-order valence-electron chi connectivity index (χ2n) is 5.01. The molecule has 0 aliphatic carbocycles. The van der Waals surface area contributed by atoms with Gasteiger partial charge in [0.2, 0.25) is 11.8 Å². The molecule has 8 heteroatoms. The molecule has 0 saturated heterocycles. The Hall–Kier alpha value is -2.64. The molecule has 0 unspecified atom stereocenters. The normalized spacial score (nSPS) is 9.58. The minimum atomic E-state index is -0.657. The zero-order chi connectivity index (χ0) is 18.5. The first-order valence-electron chi connectivity index (χ1n) is 7.51. The number of carbonyl (C=O) groups is 4. The predicted molar refractivity (Wildman–Crippen MR) is 86.3 cm³/mol. The summed E-state index contributed by atoms with van der Waals surface area (Å²) in [5.74, 6) is -2.08. The van der Waals surface area contributed by atoms with Gasteiger partial charge in [0.05, 0.1) is 13.2 Å². The topological polar surface area (TPSA) is 111 Å². The molecule has 24 heavy (non-hydrogen) atoms. The molecule has 0 radical (unpaired) electrons. The maximum absolute atomic E-state index is 11.4. The molecule has 0 aromatic rings. The molecule has 134 valence electrons. The van der Waals surface area contributed by atoms with Crippen LogP contribution in [0.2, 0.25) is 0 Å². The number of rotatable bonds is 11. The summed E-state index contributed by atoms with van der Waals surface area (Å²) >= 11 is 0. The van der Waals surface area contributed by atoms with E-state index in [9.17, 15) is 19.2 Å². The van der Waals surface area contributed by atoms with E-state index in [1.165, 1.54) is 13.8 Å². The van der Waals surface area contributed by atoms with Gasteiger partial charge < -0.3 is 20.1 Å².